The predicted octanol–water partition coefficient (Wildman–Crippen LogP) is 4.53. The number of nitrogens with one attached hydrogen (secondary N) is 1. The molecule has 2 aliphatic rings. The van der Waals surface area contributed by atoms with E-state index in [4.69, 9.17) is 4.98 Å². The third kappa shape index (κ3) is 3.70. The lowest BCUT2D eigenvalue weighted by molar-refractivity contribution is 0.188. The maximum atomic E-state index is 9.56. The Labute approximate surface area is 176 Å². The fourth-order valence-corrected chi connectivity index (χ4v) is 4.38. The monoisotopic (exact) mass is 393 g/mol. The van der Waals surface area contributed by atoms with Crippen molar-refractivity contribution in [1.29, 1.82) is 5.26 Å². The first-order valence-electron chi connectivity index (χ1n) is 10.4. The summed E-state index contributed by atoms with van der Waals surface area (Å²) in [5.74, 6) is 0.948. The lowest BCUT2D eigenvalue weighted by Crippen LogP contribution is -2.37. The number of para-hydroxylation sites is 2. The minimum absolute atomic E-state index is 0.272. The molecule has 148 valence electrons. The molecule has 1 aromatic heterocycles. The average molecular weight is 393 g/mol. The van der Waals surface area contributed by atoms with E-state index in [0.29, 0.717) is 13.1 Å². The van der Waals surface area contributed by atoms with Gasteiger partial charge in [-0.05, 0) is 48.3 Å². The van der Waals surface area contributed by atoms with Crippen LogP contribution in [0.25, 0.3) is 11.0 Å². The molecule has 1 N–H and O–H groups in total. The van der Waals surface area contributed by atoms with Gasteiger partial charge in [-0.15, -0.1) is 0 Å². The number of allylic oxidation sites excluding steroid dienone is 1. The first-order valence-corrected chi connectivity index (χ1v) is 10.4. The second kappa shape index (κ2) is 8.10. The lowest BCUT2D eigenvalue weighted by atomic mass is 9.89. The number of fused-ring (bicyclic) bond motifs is 2. The summed E-state index contributed by atoms with van der Waals surface area (Å²) in [6.45, 7) is 1.40. The van der Waals surface area contributed by atoms with Gasteiger partial charge in [0.1, 0.15) is 5.82 Å². The van der Waals surface area contributed by atoms with Crippen LogP contribution in [-0.4, -0.2) is 33.2 Å². The SMILES string of the molecule is N#Cc1ccccc1CN(Cc1nc2ccccc2[nH]1)C1C=C2C=CC=NC2CC1. The maximum absolute atomic E-state index is 9.56. The standard InChI is InChI=1S/C25H23N5/c26-15-19-6-1-2-7-20(19)16-30(17-25-28-23-9-3-4-10-24(23)29-25)21-11-12-22-18(14-21)8-5-13-27-22/h1-10,13-14,21-22H,11-12,16-17H2,(H,28,29). The van der Waals surface area contributed by atoms with E-state index in [1.54, 1.807) is 0 Å². The third-order valence-electron chi connectivity index (χ3n) is 5.92. The minimum atomic E-state index is 0.272. The molecule has 0 bridgehead atoms. The number of nitriles is 1. The van der Waals surface area contributed by atoms with Gasteiger partial charge < -0.3 is 4.98 Å². The fraction of sp³-hybridized carbons (Fsp3) is 0.240. The zero-order valence-corrected chi connectivity index (χ0v) is 16.7. The van der Waals surface area contributed by atoms with Crippen molar-refractivity contribution in [3.8, 4) is 6.07 Å². The first-order chi connectivity index (χ1) is 14.8. The van der Waals surface area contributed by atoms with Crippen LogP contribution in [0.4, 0.5) is 0 Å². The number of aromatic nitrogens is 2. The van der Waals surface area contributed by atoms with Crippen molar-refractivity contribution in [2.75, 3.05) is 0 Å². The summed E-state index contributed by atoms with van der Waals surface area (Å²) < 4.78 is 0. The summed E-state index contributed by atoms with van der Waals surface area (Å²) in [5, 5.41) is 9.56. The molecular weight excluding hydrogens is 370 g/mol. The van der Waals surface area contributed by atoms with Gasteiger partial charge in [0, 0.05) is 18.8 Å². The van der Waals surface area contributed by atoms with Gasteiger partial charge in [0.05, 0.1) is 35.3 Å². The number of imidazole rings is 1. The first kappa shape index (κ1) is 18.5. The molecule has 30 heavy (non-hydrogen) atoms. The fourth-order valence-electron chi connectivity index (χ4n) is 4.38. The van der Waals surface area contributed by atoms with Crippen molar-refractivity contribution in [2.24, 2.45) is 4.99 Å². The van der Waals surface area contributed by atoms with Gasteiger partial charge >= 0.3 is 0 Å². The maximum Gasteiger partial charge on any atom is 0.121 e. The van der Waals surface area contributed by atoms with Crippen LogP contribution in [0.15, 0.2) is 77.3 Å². The molecule has 2 heterocycles. The highest BCUT2D eigenvalue weighted by molar-refractivity contribution is 5.75. The van der Waals surface area contributed by atoms with Gasteiger partial charge in [-0.1, -0.05) is 42.5 Å². The molecule has 0 saturated heterocycles. The molecule has 0 spiro atoms. The van der Waals surface area contributed by atoms with E-state index in [-0.39, 0.29) is 12.1 Å². The Kier molecular flexibility index (Phi) is 5.00. The zero-order chi connectivity index (χ0) is 20.3. The molecule has 3 aromatic rings. The third-order valence-corrected chi connectivity index (χ3v) is 5.92. The number of H-pyrrole nitrogens is 1. The van der Waals surface area contributed by atoms with Gasteiger partial charge in [0.15, 0.2) is 0 Å². The Morgan fingerprint density at radius 3 is 2.83 bits per heavy atom. The second-order valence-electron chi connectivity index (χ2n) is 7.86. The number of nitrogens with zero attached hydrogens (tertiary/aromatic N) is 4. The van der Waals surface area contributed by atoms with Crippen LogP contribution in [0.2, 0.25) is 0 Å². The normalized spacial score (nSPS) is 20.2. The number of dihydropyridines is 1. The summed E-state index contributed by atoms with van der Waals surface area (Å²) >= 11 is 0. The number of hydrogen-bond acceptors (Lipinski definition) is 4. The number of hydrogen-bond donors (Lipinski definition) is 1. The van der Waals surface area contributed by atoms with E-state index in [2.05, 4.69) is 39.2 Å². The summed E-state index contributed by atoms with van der Waals surface area (Å²) in [7, 11) is 0. The average Bonchev–Trinajstić information content (AvgIpc) is 3.21. The molecule has 1 aliphatic heterocycles. The van der Waals surface area contributed by atoms with Crippen molar-refractivity contribution in [2.45, 2.75) is 38.0 Å². The van der Waals surface area contributed by atoms with Crippen molar-refractivity contribution in [3.63, 3.8) is 0 Å². The number of aromatic amines is 1. The highest BCUT2D eigenvalue weighted by Gasteiger charge is 2.27. The quantitative estimate of drug-likeness (QED) is 0.692. The van der Waals surface area contributed by atoms with Gasteiger partial charge in [-0.2, -0.15) is 5.26 Å². The highest BCUT2D eigenvalue weighted by atomic mass is 15.2. The molecule has 5 rings (SSSR count). The van der Waals surface area contributed by atoms with Crippen molar-refractivity contribution in [1.82, 2.24) is 14.9 Å². The van der Waals surface area contributed by atoms with E-state index in [9.17, 15) is 5.26 Å². The summed E-state index contributed by atoms with van der Waals surface area (Å²) in [6, 6.07) is 18.9. The minimum Gasteiger partial charge on any atom is -0.341 e. The molecule has 5 heteroatoms. The van der Waals surface area contributed by atoms with E-state index < -0.39 is 0 Å². The molecule has 1 aliphatic carbocycles. The molecule has 2 unspecified atom stereocenters. The van der Waals surface area contributed by atoms with Gasteiger partial charge in [0.25, 0.3) is 0 Å². The Bertz CT molecular complexity index is 1160. The number of rotatable bonds is 5. The van der Waals surface area contributed by atoms with Crippen LogP contribution < -0.4 is 0 Å². The molecule has 2 aromatic carbocycles. The zero-order valence-electron chi connectivity index (χ0n) is 16.7. The van der Waals surface area contributed by atoms with Crippen molar-refractivity contribution < 1.29 is 0 Å². The predicted molar refractivity (Wildman–Crippen MR) is 119 cm³/mol. The molecule has 0 saturated carbocycles. The van der Waals surface area contributed by atoms with Gasteiger partial charge in [-0.3, -0.25) is 9.89 Å². The van der Waals surface area contributed by atoms with Crippen LogP contribution in [0.1, 0.15) is 29.8 Å². The molecule has 2 atom stereocenters. The van der Waals surface area contributed by atoms with Crippen LogP contribution in [0.3, 0.4) is 0 Å². The Balaban J connectivity index is 1.48. The van der Waals surface area contributed by atoms with Gasteiger partial charge in [-0.25, -0.2) is 4.98 Å². The summed E-state index contributed by atoms with van der Waals surface area (Å²) in [4.78, 5) is 15.3. The van der Waals surface area contributed by atoms with Crippen LogP contribution in [-0.2, 0) is 13.1 Å². The summed E-state index contributed by atoms with van der Waals surface area (Å²) in [5.41, 5.74) is 5.11. The van der Waals surface area contributed by atoms with Crippen LogP contribution in [0.5, 0.6) is 0 Å². The molecule has 0 amide bonds. The van der Waals surface area contributed by atoms with E-state index in [1.807, 2.05) is 54.8 Å². The van der Waals surface area contributed by atoms with E-state index in [1.165, 1.54) is 5.57 Å². The van der Waals surface area contributed by atoms with Crippen LogP contribution in [0, 0.1) is 11.3 Å². The lowest BCUT2D eigenvalue weighted by Gasteiger charge is -2.34. The molecule has 0 fully saturated rings. The van der Waals surface area contributed by atoms with Crippen LogP contribution >= 0.6 is 0 Å². The van der Waals surface area contributed by atoms with E-state index >= 15 is 0 Å². The largest absolute Gasteiger partial charge is 0.341 e. The Morgan fingerprint density at radius 2 is 1.93 bits per heavy atom. The molecule has 0 radical (unpaired) electrons. The number of benzene rings is 2. The van der Waals surface area contributed by atoms with E-state index in [0.717, 1.165) is 40.8 Å². The Hall–Kier alpha value is -3.49. The Morgan fingerprint density at radius 1 is 1.07 bits per heavy atom. The summed E-state index contributed by atoms with van der Waals surface area (Å²) in [6.07, 6.45) is 10.5. The van der Waals surface area contributed by atoms with Gasteiger partial charge in [0.2, 0.25) is 0 Å². The number of aliphatic imine (C=N–C) groups is 1. The van der Waals surface area contributed by atoms with Crippen molar-refractivity contribution >= 4 is 17.2 Å². The van der Waals surface area contributed by atoms with Crippen molar-refractivity contribution in [3.05, 3.63) is 89.3 Å². The smallest absolute Gasteiger partial charge is 0.121 e. The second-order valence-corrected chi connectivity index (χ2v) is 7.86. The molecule has 5 nitrogen and oxygen atoms in total. The highest BCUT2D eigenvalue weighted by Crippen LogP contribution is 2.29. The molecular formula is C25H23N5. The topological polar surface area (TPSA) is 68.1 Å².